The summed E-state index contributed by atoms with van der Waals surface area (Å²) in [5, 5.41) is 0.0807. The maximum atomic E-state index is 13.7. The summed E-state index contributed by atoms with van der Waals surface area (Å²) in [7, 11) is 0. The molecule has 0 saturated carbocycles. The van der Waals surface area contributed by atoms with Gasteiger partial charge in [0.05, 0.1) is 11.1 Å². The standard InChI is InChI=1S/C14H5ClF3IO2/c15-6-3-7(16)5-8(4-6)21-10-2-1-9(19)11-12(10)14(17,18)13(11)20/h1-5H. The van der Waals surface area contributed by atoms with Gasteiger partial charge >= 0.3 is 5.92 Å². The molecule has 0 amide bonds. The predicted molar refractivity (Wildman–Crippen MR) is 78.9 cm³/mol. The third-order valence-corrected chi connectivity index (χ3v) is 4.12. The van der Waals surface area contributed by atoms with E-state index in [-0.39, 0.29) is 22.1 Å². The van der Waals surface area contributed by atoms with E-state index in [0.717, 1.165) is 12.1 Å². The predicted octanol–water partition coefficient (Wildman–Crippen LogP) is 5.16. The average molecular weight is 425 g/mol. The van der Waals surface area contributed by atoms with Crippen LogP contribution in [0.4, 0.5) is 13.2 Å². The first-order valence-corrected chi connectivity index (χ1v) is 7.16. The molecule has 0 bridgehead atoms. The summed E-state index contributed by atoms with van der Waals surface area (Å²) in [6.07, 6.45) is 0. The van der Waals surface area contributed by atoms with Crippen LogP contribution >= 0.6 is 34.2 Å². The molecule has 0 saturated heterocycles. The number of hydrogen-bond donors (Lipinski definition) is 0. The van der Waals surface area contributed by atoms with Crippen LogP contribution in [0.5, 0.6) is 11.5 Å². The molecular weight excluding hydrogens is 420 g/mol. The number of carbonyl (C=O) groups excluding carboxylic acids is 1. The minimum absolute atomic E-state index is 0.0152. The largest absolute Gasteiger partial charge is 0.457 e. The molecule has 2 aromatic rings. The first-order valence-electron chi connectivity index (χ1n) is 5.70. The van der Waals surface area contributed by atoms with Crippen LogP contribution in [0, 0.1) is 9.39 Å². The van der Waals surface area contributed by atoms with Crippen LogP contribution < -0.4 is 4.74 Å². The fraction of sp³-hybridized carbons (Fsp3) is 0.0714. The van der Waals surface area contributed by atoms with Crippen LogP contribution in [-0.2, 0) is 5.92 Å². The molecule has 0 heterocycles. The number of carbonyl (C=O) groups is 1. The third-order valence-electron chi connectivity index (χ3n) is 3.01. The van der Waals surface area contributed by atoms with Gasteiger partial charge in [-0.05, 0) is 46.9 Å². The number of benzene rings is 2. The zero-order chi connectivity index (χ0) is 15.4. The Morgan fingerprint density at radius 2 is 1.90 bits per heavy atom. The minimum Gasteiger partial charge on any atom is -0.457 e. The molecule has 0 N–H and O–H groups in total. The number of hydrogen-bond acceptors (Lipinski definition) is 2. The maximum absolute atomic E-state index is 13.7. The second-order valence-corrected chi connectivity index (χ2v) is 6.00. The van der Waals surface area contributed by atoms with Crippen LogP contribution in [0.15, 0.2) is 30.3 Å². The Morgan fingerprint density at radius 3 is 2.57 bits per heavy atom. The molecule has 0 atom stereocenters. The van der Waals surface area contributed by atoms with Crippen molar-refractivity contribution in [2.24, 2.45) is 0 Å². The van der Waals surface area contributed by atoms with Crippen LogP contribution in [-0.4, -0.2) is 5.78 Å². The van der Waals surface area contributed by atoms with Crippen molar-refractivity contribution in [3.05, 3.63) is 55.9 Å². The Morgan fingerprint density at radius 1 is 1.19 bits per heavy atom. The van der Waals surface area contributed by atoms with Gasteiger partial charge in [-0.15, -0.1) is 0 Å². The normalized spacial score (nSPS) is 15.4. The van der Waals surface area contributed by atoms with Crippen molar-refractivity contribution in [1.82, 2.24) is 0 Å². The van der Waals surface area contributed by atoms with Crippen LogP contribution in [0.1, 0.15) is 15.9 Å². The SMILES string of the molecule is O=C1c2c(I)ccc(Oc3cc(F)cc(Cl)c3)c2C1(F)F. The van der Waals surface area contributed by atoms with Gasteiger partial charge in [0.25, 0.3) is 0 Å². The van der Waals surface area contributed by atoms with Crippen molar-refractivity contribution in [1.29, 1.82) is 0 Å². The van der Waals surface area contributed by atoms with E-state index in [4.69, 9.17) is 16.3 Å². The Hall–Kier alpha value is -1.28. The summed E-state index contributed by atoms with van der Waals surface area (Å²) in [6, 6.07) is 6.20. The van der Waals surface area contributed by atoms with E-state index < -0.39 is 23.1 Å². The number of halogens is 5. The molecule has 108 valence electrons. The molecule has 0 unspecified atom stereocenters. The Labute approximate surface area is 136 Å². The number of ketones is 1. The molecule has 0 radical (unpaired) electrons. The van der Waals surface area contributed by atoms with Crippen LogP contribution in [0.3, 0.4) is 0 Å². The van der Waals surface area contributed by atoms with E-state index in [2.05, 4.69) is 0 Å². The van der Waals surface area contributed by atoms with Crippen LogP contribution in [0.25, 0.3) is 0 Å². The van der Waals surface area contributed by atoms with Gasteiger partial charge in [-0.3, -0.25) is 4.79 Å². The molecule has 0 aromatic heterocycles. The first-order chi connectivity index (χ1) is 9.80. The van der Waals surface area contributed by atoms with Crippen LogP contribution in [0.2, 0.25) is 5.02 Å². The number of alkyl halides is 2. The Kier molecular flexibility index (Phi) is 3.40. The molecular formula is C14H5ClF3IO2. The minimum atomic E-state index is -3.58. The van der Waals surface area contributed by atoms with E-state index in [1.807, 2.05) is 0 Å². The van der Waals surface area contributed by atoms with Gasteiger partial charge in [-0.25, -0.2) is 4.39 Å². The lowest BCUT2D eigenvalue weighted by Crippen LogP contribution is -2.39. The lowest BCUT2D eigenvalue weighted by atomic mass is 9.82. The lowest BCUT2D eigenvalue weighted by Gasteiger charge is -2.30. The smallest absolute Gasteiger partial charge is 0.339 e. The highest BCUT2D eigenvalue weighted by atomic mass is 127. The molecule has 7 heteroatoms. The second kappa shape index (κ2) is 4.88. The van der Waals surface area contributed by atoms with Gasteiger partial charge in [0.1, 0.15) is 17.3 Å². The van der Waals surface area contributed by atoms with Crippen molar-refractivity contribution in [2.45, 2.75) is 5.92 Å². The zero-order valence-electron chi connectivity index (χ0n) is 10.1. The number of rotatable bonds is 2. The first kappa shape index (κ1) is 14.6. The van der Waals surface area contributed by atoms with E-state index in [1.165, 1.54) is 18.2 Å². The molecule has 0 spiro atoms. The van der Waals surface area contributed by atoms with Crippen molar-refractivity contribution in [3.63, 3.8) is 0 Å². The fourth-order valence-electron chi connectivity index (χ4n) is 2.10. The summed E-state index contributed by atoms with van der Waals surface area (Å²) >= 11 is 7.48. The Bertz CT molecular complexity index is 757. The van der Waals surface area contributed by atoms with E-state index >= 15 is 0 Å². The average Bonchev–Trinajstić information content (AvgIpc) is 2.38. The number of ether oxygens (including phenoxy) is 1. The zero-order valence-corrected chi connectivity index (χ0v) is 13.0. The van der Waals surface area contributed by atoms with Gasteiger partial charge in [0.15, 0.2) is 0 Å². The second-order valence-electron chi connectivity index (χ2n) is 4.41. The summed E-state index contributed by atoms with van der Waals surface area (Å²) in [5.41, 5.74) is -0.527. The topological polar surface area (TPSA) is 26.3 Å². The highest BCUT2D eigenvalue weighted by Crippen LogP contribution is 2.51. The highest BCUT2D eigenvalue weighted by Gasteiger charge is 2.57. The molecule has 2 nitrogen and oxygen atoms in total. The van der Waals surface area contributed by atoms with Crippen molar-refractivity contribution in [2.75, 3.05) is 0 Å². The fourth-order valence-corrected chi connectivity index (χ4v) is 3.01. The summed E-state index contributed by atoms with van der Waals surface area (Å²) in [4.78, 5) is 11.4. The molecule has 2 aromatic carbocycles. The van der Waals surface area contributed by atoms with Crippen molar-refractivity contribution >= 4 is 40.0 Å². The van der Waals surface area contributed by atoms with Gasteiger partial charge in [0, 0.05) is 14.7 Å². The molecule has 21 heavy (non-hydrogen) atoms. The number of fused-ring (bicyclic) bond motifs is 1. The molecule has 0 aliphatic heterocycles. The van der Waals surface area contributed by atoms with E-state index in [0.29, 0.717) is 3.57 Å². The quantitative estimate of drug-likeness (QED) is 0.622. The van der Waals surface area contributed by atoms with Gasteiger partial charge in [-0.1, -0.05) is 11.6 Å². The maximum Gasteiger partial charge on any atom is 0.339 e. The summed E-state index contributed by atoms with van der Waals surface area (Å²) in [6.45, 7) is 0. The third kappa shape index (κ3) is 2.30. The summed E-state index contributed by atoms with van der Waals surface area (Å²) < 4.78 is 46.3. The summed E-state index contributed by atoms with van der Waals surface area (Å²) in [5.74, 6) is -5.66. The highest BCUT2D eigenvalue weighted by molar-refractivity contribution is 14.1. The molecule has 3 rings (SSSR count). The molecule has 0 fully saturated rings. The Balaban J connectivity index is 2.07. The van der Waals surface area contributed by atoms with Gasteiger partial charge in [-0.2, -0.15) is 8.78 Å². The lowest BCUT2D eigenvalue weighted by molar-refractivity contribution is -0.00808. The van der Waals surface area contributed by atoms with Gasteiger partial charge < -0.3 is 4.74 Å². The van der Waals surface area contributed by atoms with E-state index in [9.17, 15) is 18.0 Å². The van der Waals surface area contributed by atoms with E-state index in [1.54, 1.807) is 22.6 Å². The monoisotopic (exact) mass is 424 g/mol. The van der Waals surface area contributed by atoms with Crippen molar-refractivity contribution in [3.8, 4) is 11.5 Å². The molecule has 1 aliphatic rings. The number of Topliss-reactive ketones (excluding diaryl/α,β-unsaturated/α-hetero) is 1. The van der Waals surface area contributed by atoms with Crippen molar-refractivity contribution < 1.29 is 22.7 Å². The molecule has 1 aliphatic carbocycles. The van der Waals surface area contributed by atoms with Gasteiger partial charge in [0.2, 0.25) is 5.78 Å².